The molecule has 0 amide bonds. The predicted octanol–water partition coefficient (Wildman–Crippen LogP) is -4.49. The quantitative estimate of drug-likeness (QED) is 0.286. The molecule has 0 heterocycles. The average molecular weight is 227 g/mol. The predicted molar refractivity (Wildman–Crippen MR) is 21.5 cm³/mol. The molecule has 55 valence electrons. The van der Waals surface area contributed by atoms with Gasteiger partial charge in [-0.25, -0.2) is 4.57 Å². The molecule has 9 heavy (non-hydrogen) atoms. The molecule has 0 aromatic rings. The zero-order valence-corrected chi connectivity index (χ0v) is 9.97. The topological polar surface area (TPSA) is 109 Å². The molecule has 0 unspecified atom stereocenters. The van der Waals surface area contributed by atoms with Gasteiger partial charge < -0.3 is 21.6 Å². The zero-order chi connectivity index (χ0) is 4.50. The van der Waals surface area contributed by atoms with Crippen molar-refractivity contribution in [1.82, 2.24) is 0 Å². The first-order valence-electron chi connectivity index (χ1n) is 0.783. The third kappa shape index (κ3) is 140. The van der Waals surface area contributed by atoms with Gasteiger partial charge in [-0.15, -0.1) is 0 Å². The Morgan fingerprint density at radius 1 is 1.22 bits per heavy atom. The van der Waals surface area contributed by atoms with E-state index in [0.717, 1.165) is 0 Å². The Bertz CT molecular complexity index is 67.8. The Balaban J connectivity index is -0.00000000800. The fourth-order valence-electron chi connectivity index (χ4n) is 0. The SMILES string of the molecule is F.O.O=P(O)(O)O.[H-].[K+].[V]. The molecule has 1 radical (unpaired) electrons. The van der Waals surface area contributed by atoms with Crippen LogP contribution >= 0.6 is 7.82 Å². The van der Waals surface area contributed by atoms with E-state index in [-0.39, 0.29) is 81.5 Å². The number of halogens is 1. The van der Waals surface area contributed by atoms with Crippen LogP contribution in [0.1, 0.15) is 1.43 Å². The van der Waals surface area contributed by atoms with Gasteiger partial charge in [0.2, 0.25) is 0 Å². The van der Waals surface area contributed by atoms with E-state index < -0.39 is 7.82 Å². The second-order valence-corrected chi connectivity index (χ2v) is 1.54. The van der Waals surface area contributed by atoms with Crippen molar-refractivity contribution in [2.24, 2.45) is 0 Å². The van der Waals surface area contributed by atoms with Crippen LogP contribution in [0.3, 0.4) is 0 Å². The molecular weight excluding hydrogens is 220 g/mol. The Labute approximate surface area is 107 Å². The van der Waals surface area contributed by atoms with Crippen molar-refractivity contribution in [1.29, 1.82) is 0 Å². The molecule has 0 rings (SSSR count). The molecule has 0 aliphatic heterocycles. The second-order valence-electron chi connectivity index (χ2n) is 0.513. The zero-order valence-electron chi connectivity index (χ0n) is 5.55. The minimum absolute atomic E-state index is 0. The molecule has 0 saturated carbocycles. The molecule has 0 aromatic heterocycles. The maximum Gasteiger partial charge on any atom is 1.00 e. The normalized spacial score (nSPS) is 6.56. The molecule has 0 bridgehead atoms. The van der Waals surface area contributed by atoms with Crippen LogP contribution in [0.4, 0.5) is 4.70 Å². The van der Waals surface area contributed by atoms with E-state index in [2.05, 4.69) is 0 Å². The summed E-state index contributed by atoms with van der Waals surface area (Å²) in [6, 6.07) is 0. The van der Waals surface area contributed by atoms with Crippen molar-refractivity contribution >= 4 is 7.82 Å². The van der Waals surface area contributed by atoms with E-state index in [0.29, 0.717) is 0 Å². The third-order valence-corrected chi connectivity index (χ3v) is 0. The monoisotopic (exact) mass is 227 g/mol. The van der Waals surface area contributed by atoms with Crippen molar-refractivity contribution in [2.45, 2.75) is 0 Å². The van der Waals surface area contributed by atoms with Crippen molar-refractivity contribution in [2.75, 3.05) is 0 Å². The van der Waals surface area contributed by atoms with Crippen LogP contribution in [0.2, 0.25) is 0 Å². The van der Waals surface area contributed by atoms with E-state index in [9.17, 15) is 0 Å². The standard InChI is InChI=1S/FH.K.H3O4P.H2O.V.H/c;;1-5(2,3)4;;;/h1H;;(H3,1,2,3,4);1H2;;/q;+1;;;;-1. The number of phosphoric acid groups is 1. The van der Waals surface area contributed by atoms with Crippen molar-refractivity contribution < 1.29 is 101 Å². The van der Waals surface area contributed by atoms with Gasteiger partial charge in [0.1, 0.15) is 0 Å². The van der Waals surface area contributed by atoms with Crippen LogP contribution in [0.15, 0.2) is 0 Å². The summed E-state index contributed by atoms with van der Waals surface area (Å²) >= 11 is 0. The molecule has 0 aliphatic rings. The van der Waals surface area contributed by atoms with E-state index in [4.69, 9.17) is 19.2 Å². The van der Waals surface area contributed by atoms with Crippen LogP contribution in [0.5, 0.6) is 0 Å². The van der Waals surface area contributed by atoms with E-state index in [1.54, 1.807) is 0 Å². The summed E-state index contributed by atoms with van der Waals surface area (Å²) in [5.74, 6) is 0. The summed E-state index contributed by atoms with van der Waals surface area (Å²) in [5, 5.41) is 0. The maximum atomic E-state index is 8.88. The van der Waals surface area contributed by atoms with Gasteiger partial charge in [0.15, 0.2) is 0 Å². The Hall–Kier alpha value is 2.22. The van der Waals surface area contributed by atoms with Crippen molar-refractivity contribution in [3.8, 4) is 0 Å². The van der Waals surface area contributed by atoms with Gasteiger partial charge in [0, 0.05) is 18.6 Å². The fraction of sp³-hybridized carbons (Fsp3) is 0. The van der Waals surface area contributed by atoms with Crippen LogP contribution in [0, 0.1) is 0 Å². The molecular formula is H7FKO5PV. The molecule has 0 saturated heterocycles. The summed E-state index contributed by atoms with van der Waals surface area (Å²) < 4.78 is 8.88. The summed E-state index contributed by atoms with van der Waals surface area (Å²) in [5.41, 5.74) is 0. The van der Waals surface area contributed by atoms with Crippen molar-refractivity contribution in [3.05, 3.63) is 0 Å². The Kier molecular flexibility index (Phi) is 43.3. The molecule has 5 nitrogen and oxygen atoms in total. The molecule has 0 aromatic carbocycles. The number of hydrogen-bond acceptors (Lipinski definition) is 1. The van der Waals surface area contributed by atoms with E-state index in [1.807, 2.05) is 0 Å². The van der Waals surface area contributed by atoms with Gasteiger partial charge in [-0.1, -0.05) is 0 Å². The summed E-state index contributed by atoms with van der Waals surface area (Å²) in [7, 11) is -4.64. The van der Waals surface area contributed by atoms with E-state index >= 15 is 0 Å². The minimum atomic E-state index is -4.64. The number of rotatable bonds is 0. The van der Waals surface area contributed by atoms with Crippen LogP contribution < -0.4 is 51.4 Å². The van der Waals surface area contributed by atoms with Crippen LogP contribution in [0.25, 0.3) is 0 Å². The summed E-state index contributed by atoms with van der Waals surface area (Å²) in [4.78, 5) is 21.6. The van der Waals surface area contributed by atoms with Gasteiger partial charge in [-0.05, 0) is 0 Å². The Morgan fingerprint density at radius 2 is 1.22 bits per heavy atom. The fourth-order valence-corrected chi connectivity index (χ4v) is 0. The maximum absolute atomic E-state index is 8.88. The minimum Gasteiger partial charge on any atom is -1.00 e. The van der Waals surface area contributed by atoms with Gasteiger partial charge in [0.25, 0.3) is 0 Å². The number of hydrogen-bond donors (Lipinski definition) is 3. The summed E-state index contributed by atoms with van der Waals surface area (Å²) in [6.45, 7) is 0. The first-order valence-corrected chi connectivity index (χ1v) is 2.35. The molecule has 5 N–H and O–H groups in total. The first kappa shape index (κ1) is 30.3. The molecule has 0 aliphatic carbocycles. The first-order chi connectivity index (χ1) is 2.00. The smallest absolute Gasteiger partial charge is 1.00 e. The van der Waals surface area contributed by atoms with Crippen molar-refractivity contribution in [3.63, 3.8) is 0 Å². The second kappa shape index (κ2) is 12.9. The largest absolute Gasteiger partial charge is 1.00 e. The van der Waals surface area contributed by atoms with Crippen LogP contribution in [-0.4, -0.2) is 20.2 Å². The molecule has 0 spiro atoms. The van der Waals surface area contributed by atoms with Gasteiger partial charge in [-0.3, -0.25) is 4.70 Å². The molecule has 0 fully saturated rings. The average Bonchev–Trinajstić information content (AvgIpc) is 0.722. The molecule has 9 heteroatoms. The van der Waals surface area contributed by atoms with Gasteiger partial charge >= 0.3 is 59.2 Å². The Morgan fingerprint density at radius 3 is 1.22 bits per heavy atom. The van der Waals surface area contributed by atoms with Crippen LogP contribution in [-0.2, 0) is 23.1 Å². The molecule has 0 atom stereocenters. The van der Waals surface area contributed by atoms with E-state index in [1.165, 1.54) is 0 Å². The third-order valence-electron chi connectivity index (χ3n) is 0. The van der Waals surface area contributed by atoms with Gasteiger partial charge in [0.05, 0.1) is 0 Å². The van der Waals surface area contributed by atoms with Gasteiger partial charge in [-0.2, -0.15) is 0 Å². The summed E-state index contributed by atoms with van der Waals surface area (Å²) in [6.07, 6.45) is 0.